The number of rotatable bonds is 1. The Balaban J connectivity index is 3.03. The number of aliphatic imine (C=N–C) groups is 1. The maximum atomic E-state index is 11.2. The van der Waals surface area contributed by atoms with Crippen molar-refractivity contribution in [1.29, 1.82) is 0 Å². The second-order valence-electron chi connectivity index (χ2n) is 2.78. The first kappa shape index (κ1) is 8.64. The molecule has 4 heteroatoms. The molecule has 0 saturated heterocycles. The van der Waals surface area contributed by atoms with E-state index >= 15 is 0 Å². The number of nitrogens with zero attached hydrogens (tertiary/aromatic N) is 1. The van der Waals surface area contributed by atoms with Gasteiger partial charge in [-0.3, -0.25) is 14.6 Å². The van der Waals surface area contributed by atoms with Crippen LogP contribution in [0.4, 0.5) is 0 Å². The van der Waals surface area contributed by atoms with Crippen molar-refractivity contribution in [1.82, 2.24) is 0 Å². The fraction of sp³-hybridized carbons (Fsp3) is 0.375. The van der Waals surface area contributed by atoms with E-state index in [0.29, 0.717) is 11.4 Å². The summed E-state index contributed by atoms with van der Waals surface area (Å²) >= 11 is 0. The molecule has 2 N–H and O–H groups in total. The van der Waals surface area contributed by atoms with Gasteiger partial charge in [0.1, 0.15) is 5.92 Å². The molecule has 0 aromatic rings. The summed E-state index contributed by atoms with van der Waals surface area (Å²) in [6.45, 7) is 3.34. The first-order chi connectivity index (χ1) is 5.52. The number of amides is 1. The summed E-state index contributed by atoms with van der Waals surface area (Å²) in [4.78, 5) is 26.0. The van der Waals surface area contributed by atoms with E-state index in [1.165, 1.54) is 6.08 Å². The van der Waals surface area contributed by atoms with E-state index in [1.54, 1.807) is 13.8 Å². The lowest BCUT2D eigenvalue weighted by Gasteiger charge is -2.14. The van der Waals surface area contributed by atoms with Crippen molar-refractivity contribution < 1.29 is 9.59 Å². The van der Waals surface area contributed by atoms with Gasteiger partial charge in [0.25, 0.3) is 0 Å². The van der Waals surface area contributed by atoms with Crippen LogP contribution in [0.5, 0.6) is 0 Å². The fourth-order valence-corrected chi connectivity index (χ4v) is 1.22. The Morgan fingerprint density at radius 1 is 1.58 bits per heavy atom. The van der Waals surface area contributed by atoms with Gasteiger partial charge in [0, 0.05) is 17.5 Å². The van der Waals surface area contributed by atoms with E-state index in [0.717, 1.165) is 0 Å². The van der Waals surface area contributed by atoms with E-state index in [2.05, 4.69) is 4.99 Å². The first-order valence-electron chi connectivity index (χ1n) is 3.59. The predicted molar refractivity (Wildman–Crippen MR) is 44.6 cm³/mol. The Kier molecular flexibility index (Phi) is 2.08. The minimum Gasteiger partial charge on any atom is -0.369 e. The number of nitrogens with two attached hydrogens (primary N) is 1. The van der Waals surface area contributed by atoms with Crippen molar-refractivity contribution in [3.63, 3.8) is 0 Å². The number of allylic oxidation sites excluding steroid dienone is 2. The van der Waals surface area contributed by atoms with Gasteiger partial charge in [-0.15, -0.1) is 0 Å². The minimum atomic E-state index is -0.853. The fourth-order valence-electron chi connectivity index (χ4n) is 1.22. The van der Waals surface area contributed by atoms with Crippen molar-refractivity contribution in [2.45, 2.75) is 13.8 Å². The lowest BCUT2D eigenvalue weighted by atomic mass is 9.95. The summed E-state index contributed by atoms with van der Waals surface area (Å²) in [6.07, 6.45) is 1.34. The number of carbonyl (C=O) groups excluding carboxylic acids is 2. The monoisotopic (exact) mass is 166 g/mol. The van der Waals surface area contributed by atoms with Crippen molar-refractivity contribution >= 4 is 17.4 Å². The van der Waals surface area contributed by atoms with Crippen LogP contribution in [0, 0.1) is 5.92 Å². The standard InChI is InChI=1S/C8H10N2O2/c1-4-3-6(11)7(8(9)12)5(2)10-4/h3,7H,1-2H3,(H2,9,12). The summed E-state index contributed by atoms with van der Waals surface area (Å²) in [5.74, 6) is -1.76. The molecule has 0 fully saturated rings. The van der Waals surface area contributed by atoms with Gasteiger partial charge in [-0.1, -0.05) is 0 Å². The van der Waals surface area contributed by atoms with Gasteiger partial charge in [-0.05, 0) is 13.8 Å². The molecule has 12 heavy (non-hydrogen) atoms. The smallest absolute Gasteiger partial charge is 0.234 e. The van der Waals surface area contributed by atoms with E-state index in [4.69, 9.17) is 5.73 Å². The maximum absolute atomic E-state index is 11.2. The molecule has 1 aliphatic heterocycles. The largest absolute Gasteiger partial charge is 0.369 e. The molecule has 1 aliphatic rings. The lowest BCUT2D eigenvalue weighted by molar-refractivity contribution is -0.126. The molecule has 1 rings (SSSR count). The molecule has 0 bridgehead atoms. The number of carbonyl (C=O) groups is 2. The van der Waals surface area contributed by atoms with Crippen LogP contribution in [-0.2, 0) is 9.59 Å². The van der Waals surface area contributed by atoms with Crippen molar-refractivity contribution in [2.75, 3.05) is 0 Å². The Hall–Kier alpha value is -1.45. The zero-order valence-electron chi connectivity index (χ0n) is 7.00. The minimum absolute atomic E-state index is 0.271. The summed E-state index contributed by atoms with van der Waals surface area (Å²) in [7, 11) is 0. The Morgan fingerprint density at radius 2 is 2.17 bits per heavy atom. The van der Waals surface area contributed by atoms with E-state index < -0.39 is 11.8 Å². The summed E-state index contributed by atoms with van der Waals surface area (Å²) in [6, 6.07) is 0. The Morgan fingerprint density at radius 3 is 2.58 bits per heavy atom. The highest BCUT2D eigenvalue weighted by Gasteiger charge is 2.28. The van der Waals surface area contributed by atoms with Crippen LogP contribution in [0.15, 0.2) is 16.8 Å². The molecule has 0 radical (unpaired) electrons. The molecule has 0 aliphatic carbocycles. The molecular formula is C8H10N2O2. The third kappa shape index (κ3) is 1.42. The molecule has 0 spiro atoms. The molecule has 64 valence electrons. The van der Waals surface area contributed by atoms with Gasteiger partial charge in [0.2, 0.25) is 5.91 Å². The van der Waals surface area contributed by atoms with Crippen molar-refractivity contribution in [2.24, 2.45) is 16.6 Å². The summed E-state index contributed by atoms with van der Waals surface area (Å²) < 4.78 is 0. The third-order valence-corrected chi connectivity index (χ3v) is 1.69. The van der Waals surface area contributed by atoms with Crippen LogP contribution in [0.25, 0.3) is 0 Å². The third-order valence-electron chi connectivity index (χ3n) is 1.69. The molecule has 1 atom stereocenters. The van der Waals surface area contributed by atoms with E-state index in [1.807, 2.05) is 0 Å². The molecule has 0 aromatic heterocycles. The molecule has 0 saturated carbocycles. The second-order valence-corrected chi connectivity index (χ2v) is 2.78. The van der Waals surface area contributed by atoms with Gasteiger partial charge in [-0.25, -0.2) is 0 Å². The molecule has 4 nitrogen and oxygen atoms in total. The van der Waals surface area contributed by atoms with Crippen LogP contribution >= 0.6 is 0 Å². The van der Waals surface area contributed by atoms with E-state index in [-0.39, 0.29) is 5.78 Å². The summed E-state index contributed by atoms with van der Waals surface area (Å²) in [5, 5.41) is 0. The van der Waals surface area contributed by atoms with Crippen LogP contribution in [0.3, 0.4) is 0 Å². The van der Waals surface area contributed by atoms with E-state index in [9.17, 15) is 9.59 Å². The number of hydrogen-bond acceptors (Lipinski definition) is 3. The zero-order chi connectivity index (χ0) is 9.30. The molecule has 0 aromatic carbocycles. The molecule has 1 amide bonds. The van der Waals surface area contributed by atoms with Crippen LogP contribution in [0.1, 0.15) is 13.8 Å². The lowest BCUT2D eigenvalue weighted by Crippen LogP contribution is -2.36. The SMILES string of the molecule is CC1=CC(=O)C(C(N)=O)C(C)=N1. The quantitative estimate of drug-likeness (QED) is 0.558. The summed E-state index contributed by atoms with van der Waals surface area (Å²) in [5.41, 5.74) is 6.12. The Labute approximate surface area is 70.2 Å². The second kappa shape index (κ2) is 2.89. The molecule has 1 heterocycles. The average molecular weight is 166 g/mol. The van der Waals surface area contributed by atoms with Crippen molar-refractivity contribution in [3.8, 4) is 0 Å². The maximum Gasteiger partial charge on any atom is 0.234 e. The van der Waals surface area contributed by atoms with Crippen LogP contribution in [-0.4, -0.2) is 17.4 Å². The van der Waals surface area contributed by atoms with Gasteiger partial charge in [-0.2, -0.15) is 0 Å². The predicted octanol–water partition coefficient (Wildman–Crippen LogP) is 0.0353. The van der Waals surface area contributed by atoms with Gasteiger partial charge in [0.15, 0.2) is 5.78 Å². The topological polar surface area (TPSA) is 72.5 Å². The highest BCUT2D eigenvalue weighted by molar-refractivity contribution is 6.23. The highest BCUT2D eigenvalue weighted by atomic mass is 16.2. The first-order valence-corrected chi connectivity index (χ1v) is 3.59. The molecule has 1 unspecified atom stereocenters. The Bertz CT molecular complexity index is 302. The number of ketones is 1. The highest BCUT2D eigenvalue weighted by Crippen LogP contribution is 2.13. The normalized spacial score (nSPS) is 23.2. The average Bonchev–Trinajstić information content (AvgIpc) is 1.82. The zero-order valence-corrected chi connectivity index (χ0v) is 7.00. The van der Waals surface area contributed by atoms with Gasteiger partial charge >= 0.3 is 0 Å². The number of hydrogen-bond donors (Lipinski definition) is 1. The van der Waals surface area contributed by atoms with Gasteiger partial charge < -0.3 is 5.73 Å². The van der Waals surface area contributed by atoms with Crippen LogP contribution < -0.4 is 5.73 Å². The van der Waals surface area contributed by atoms with Crippen LogP contribution in [0.2, 0.25) is 0 Å². The van der Waals surface area contributed by atoms with Crippen molar-refractivity contribution in [3.05, 3.63) is 11.8 Å². The van der Waals surface area contributed by atoms with Gasteiger partial charge in [0.05, 0.1) is 0 Å². The molecular weight excluding hydrogens is 156 g/mol. The number of primary amides is 1.